The molecule has 446 valence electrons. The maximum Gasteiger partial charge on any atom is 0.501 e. The van der Waals surface area contributed by atoms with E-state index in [-0.39, 0.29) is 53.9 Å². The van der Waals surface area contributed by atoms with Crippen LogP contribution in [0.1, 0.15) is 74.6 Å². The van der Waals surface area contributed by atoms with Crippen molar-refractivity contribution >= 4 is 76.7 Å². The average Bonchev–Trinajstić information content (AvgIpc) is 3.98. The van der Waals surface area contributed by atoms with Crippen molar-refractivity contribution in [2.24, 2.45) is 11.8 Å². The number of benzene rings is 5. The van der Waals surface area contributed by atoms with Crippen LogP contribution in [0.15, 0.2) is 131 Å². The predicted octanol–water partition coefficient (Wildman–Crippen LogP) is 14.4. The van der Waals surface area contributed by atoms with Crippen molar-refractivity contribution in [3.8, 4) is 22.4 Å². The molecule has 0 saturated carbocycles. The van der Waals surface area contributed by atoms with Gasteiger partial charge in [-0.2, -0.15) is 13.2 Å². The zero-order valence-electron chi connectivity index (χ0n) is 47.5. The van der Waals surface area contributed by atoms with Crippen LogP contribution in [0.25, 0.3) is 22.4 Å². The molecule has 3 saturated heterocycles. The second kappa shape index (κ2) is 26.7. The van der Waals surface area contributed by atoms with E-state index in [2.05, 4.69) is 25.3 Å². The van der Waals surface area contributed by atoms with Gasteiger partial charge in [-0.3, -0.25) is 13.8 Å². The second-order valence-electron chi connectivity index (χ2n) is 21.6. The standard InChI is InChI=1S/C61H73ClF3N5O9P2S2/c1-6-77-80(73,78-7-2)41-45-26-29-66(30-27-45)31-28-46(42-82-55-14-9-8-10-15-55)38-48-18-25-54(40-56(48)83(75,76)61(63,64)65)81(74)69(36-37-79-81)52-23-21-51(22-24-52)67-32-34-68(35-33-67)53-13-11-12-49(39-53)58-57(60(71)72)44(5)70(43(3)4)59(58)47-16-19-50(62)20-17-47/h8-25,39-40,43,45-46H,6-7,26-38,41-42H2,1-5H3,(H,71,72)/t46-,81+/m0/s1. The molecule has 6 aromatic rings. The highest BCUT2D eigenvalue weighted by atomic mass is 35.5. The molecule has 9 rings (SSSR count). The summed E-state index contributed by atoms with van der Waals surface area (Å²) in [7, 11) is -13.2. The molecule has 14 nitrogen and oxygen atoms in total. The molecule has 0 radical (unpaired) electrons. The van der Waals surface area contributed by atoms with Crippen molar-refractivity contribution < 1.29 is 54.2 Å². The summed E-state index contributed by atoms with van der Waals surface area (Å²) in [5.41, 5.74) is 0.735. The molecule has 0 unspecified atom stereocenters. The molecule has 83 heavy (non-hydrogen) atoms. The Kier molecular flexibility index (Phi) is 20.1. The Bertz CT molecular complexity index is 3420. The van der Waals surface area contributed by atoms with Crippen LogP contribution in [-0.2, 0) is 39.0 Å². The number of aromatic carboxylic acids is 1. The quantitative estimate of drug-likeness (QED) is 0.0478. The molecule has 0 bridgehead atoms. The van der Waals surface area contributed by atoms with Gasteiger partial charge in [-0.05, 0) is 181 Å². The number of carboxylic acid groups (broad SMARTS) is 1. The topological polar surface area (TPSA) is 151 Å². The van der Waals surface area contributed by atoms with E-state index in [0.29, 0.717) is 86.2 Å². The van der Waals surface area contributed by atoms with Gasteiger partial charge in [0.1, 0.15) is 0 Å². The minimum Gasteiger partial charge on any atom is -0.478 e. The lowest BCUT2D eigenvalue weighted by Gasteiger charge is -2.37. The summed E-state index contributed by atoms with van der Waals surface area (Å²) in [5, 5.41) is 11.0. The first kappa shape index (κ1) is 62.5. The Hall–Kier alpha value is -5.07. The summed E-state index contributed by atoms with van der Waals surface area (Å²) < 4.78 is 120. The van der Waals surface area contributed by atoms with Crippen LogP contribution in [0.2, 0.25) is 5.02 Å². The monoisotopic (exact) mass is 1240 g/mol. The van der Waals surface area contributed by atoms with Gasteiger partial charge in [-0.25, -0.2) is 13.2 Å². The molecule has 0 spiro atoms. The zero-order valence-corrected chi connectivity index (χ0v) is 51.6. The van der Waals surface area contributed by atoms with Gasteiger partial charge in [0, 0.05) is 76.2 Å². The van der Waals surface area contributed by atoms with Crippen molar-refractivity contribution in [1.82, 2.24) is 9.47 Å². The first-order valence-corrected chi connectivity index (χ1v) is 34.5. The maximum atomic E-state index is 15.1. The number of sulfone groups is 1. The first-order chi connectivity index (χ1) is 39.6. The summed E-state index contributed by atoms with van der Waals surface area (Å²) in [6.07, 6.45) is 2.50. The van der Waals surface area contributed by atoms with Crippen molar-refractivity contribution in [1.29, 1.82) is 0 Å². The lowest BCUT2D eigenvalue weighted by atomic mass is 9.95. The molecule has 5 aromatic carbocycles. The van der Waals surface area contributed by atoms with Gasteiger partial charge in [0.15, 0.2) is 0 Å². The van der Waals surface area contributed by atoms with Crippen LogP contribution in [0.3, 0.4) is 0 Å². The van der Waals surface area contributed by atoms with E-state index in [1.54, 1.807) is 37.7 Å². The van der Waals surface area contributed by atoms with Crippen LogP contribution in [0.5, 0.6) is 0 Å². The fourth-order valence-electron chi connectivity index (χ4n) is 11.8. The largest absolute Gasteiger partial charge is 0.501 e. The molecule has 0 amide bonds. The number of thioether (sulfide) groups is 1. The van der Waals surface area contributed by atoms with E-state index < -0.39 is 41.3 Å². The molecular formula is C61H73ClF3N5O9P2S2. The smallest absolute Gasteiger partial charge is 0.478 e. The number of hydrogen-bond donors (Lipinski definition) is 1. The third kappa shape index (κ3) is 14.1. The molecule has 2 atom stereocenters. The predicted molar refractivity (Wildman–Crippen MR) is 327 cm³/mol. The van der Waals surface area contributed by atoms with Gasteiger partial charge < -0.3 is 37.9 Å². The van der Waals surface area contributed by atoms with Gasteiger partial charge in [0.2, 0.25) is 0 Å². The van der Waals surface area contributed by atoms with Crippen molar-refractivity contribution in [2.75, 3.05) is 98.6 Å². The van der Waals surface area contributed by atoms with E-state index in [0.717, 1.165) is 65.1 Å². The normalized spacial score (nSPS) is 18.1. The number of carbonyl (C=O) groups is 1. The average molecular weight is 1240 g/mol. The first-order valence-electron chi connectivity index (χ1n) is 28.3. The van der Waals surface area contributed by atoms with Crippen LogP contribution < -0.4 is 19.8 Å². The SMILES string of the molecule is CCOP(=O)(CC1CCN(CC[C@H](CSc2ccccc2)Cc2ccc([P@@]3(=O)OCCN3c3ccc(N4CCN(c5cccc(-c6c(C(=O)O)c(C)n(C(C)C)c6-c6ccc(Cl)cc6)c5)CC4)cc3)cc2S(=O)(=O)C(F)(F)F)CC1)OCC. The third-order valence-electron chi connectivity index (χ3n) is 15.9. The highest BCUT2D eigenvalue weighted by molar-refractivity contribution is 7.99. The van der Waals surface area contributed by atoms with E-state index in [1.807, 2.05) is 106 Å². The van der Waals surface area contributed by atoms with Crippen molar-refractivity contribution in [3.63, 3.8) is 0 Å². The summed E-state index contributed by atoms with van der Waals surface area (Å²) in [5.74, 6) is -0.588. The molecule has 22 heteroatoms. The van der Waals surface area contributed by atoms with E-state index in [4.69, 9.17) is 25.2 Å². The third-order valence-corrected chi connectivity index (χ3v) is 23.7. The number of nitrogens with zero attached hydrogens (tertiary/aromatic N) is 5. The number of carboxylic acids is 1. The van der Waals surface area contributed by atoms with E-state index >= 15 is 4.57 Å². The Morgan fingerprint density at radius 2 is 1.46 bits per heavy atom. The van der Waals surface area contributed by atoms with Crippen LogP contribution in [-0.4, -0.2) is 119 Å². The zero-order chi connectivity index (χ0) is 59.3. The summed E-state index contributed by atoms with van der Waals surface area (Å²) in [6, 6.07) is 36.2. The van der Waals surface area contributed by atoms with Crippen LogP contribution in [0, 0.1) is 18.8 Å². The molecular weight excluding hydrogens is 1170 g/mol. The van der Waals surface area contributed by atoms with Crippen molar-refractivity contribution in [3.05, 3.63) is 143 Å². The fourth-order valence-corrected chi connectivity index (χ4v) is 18.4. The molecule has 3 fully saturated rings. The number of piperazine rings is 1. The fraction of sp³-hybridized carbons (Fsp3) is 0.426. The van der Waals surface area contributed by atoms with Gasteiger partial charge in [-0.15, -0.1) is 11.8 Å². The Labute approximate surface area is 495 Å². The number of alkyl halides is 3. The number of halogens is 4. The summed E-state index contributed by atoms with van der Waals surface area (Å²) >= 11 is 7.85. The second-order valence-corrected chi connectivity index (χ2v) is 29.5. The number of rotatable bonds is 23. The number of anilines is 3. The number of likely N-dealkylation sites (tertiary alicyclic amines) is 1. The van der Waals surface area contributed by atoms with Crippen LogP contribution in [0.4, 0.5) is 30.2 Å². The number of piperidine rings is 1. The molecule has 3 aliphatic rings. The van der Waals surface area contributed by atoms with Gasteiger partial charge in [-0.1, -0.05) is 60.1 Å². The molecule has 0 aliphatic carbocycles. The highest BCUT2D eigenvalue weighted by Crippen LogP contribution is 2.56. The van der Waals surface area contributed by atoms with E-state index in [9.17, 15) is 36.1 Å². The van der Waals surface area contributed by atoms with Gasteiger partial charge in [0.25, 0.3) is 9.84 Å². The lowest BCUT2D eigenvalue weighted by molar-refractivity contribution is -0.0436. The van der Waals surface area contributed by atoms with E-state index in [1.165, 1.54) is 16.8 Å². The summed E-state index contributed by atoms with van der Waals surface area (Å²) in [6.45, 7) is 14.9. The molecule has 4 heterocycles. The number of hydrogen-bond acceptors (Lipinski definition) is 12. The Morgan fingerprint density at radius 1 is 0.819 bits per heavy atom. The minimum atomic E-state index is -5.91. The Balaban J connectivity index is 0.903. The maximum absolute atomic E-state index is 15.1. The lowest BCUT2D eigenvalue weighted by Crippen LogP contribution is -2.46. The van der Waals surface area contributed by atoms with Crippen molar-refractivity contribution in [2.45, 2.75) is 81.6 Å². The van der Waals surface area contributed by atoms with Gasteiger partial charge in [0.05, 0.1) is 54.0 Å². The highest BCUT2D eigenvalue weighted by Gasteiger charge is 2.49. The minimum absolute atomic E-state index is 0.00287. The molecule has 3 aliphatic heterocycles. The molecule has 1 aromatic heterocycles. The number of aromatic nitrogens is 1. The molecule has 1 N–H and O–H groups in total. The van der Waals surface area contributed by atoms with Gasteiger partial charge >= 0.3 is 26.6 Å². The summed E-state index contributed by atoms with van der Waals surface area (Å²) in [4.78, 5) is 19.8. The Morgan fingerprint density at radius 3 is 2.07 bits per heavy atom. The van der Waals surface area contributed by atoms with Crippen LogP contribution >= 0.6 is 38.5 Å².